The Balaban J connectivity index is 1.59. The molecule has 3 fully saturated rings. The van der Waals surface area contributed by atoms with Gasteiger partial charge in [0.05, 0.1) is 6.04 Å². The molecule has 0 amide bonds. The minimum Gasteiger partial charge on any atom is -0.307 e. The van der Waals surface area contributed by atoms with Gasteiger partial charge in [-0.1, -0.05) is 6.42 Å². The number of aromatic amines is 1. The molecule has 2 aliphatic carbocycles. The van der Waals surface area contributed by atoms with Crippen LogP contribution in [-0.4, -0.2) is 21.7 Å². The van der Waals surface area contributed by atoms with Gasteiger partial charge in [-0.2, -0.15) is 5.10 Å². The molecule has 3 atom stereocenters. The lowest BCUT2D eigenvalue weighted by Crippen LogP contribution is -2.19. The average Bonchev–Trinajstić information content (AvgIpc) is 2.76. The van der Waals surface area contributed by atoms with Gasteiger partial charge in [0, 0.05) is 5.92 Å². The first-order valence-electron chi connectivity index (χ1n) is 6.57. The van der Waals surface area contributed by atoms with Gasteiger partial charge in [0.1, 0.15) is 5.82 Å². The molecule has 2 heterocycles. The highest BCUT2D eigenvalue weighted by Gasteiger charge is 2.41. The molecule has 4 heteroatoms. The molecule has 0 aromatic carbocycles. The molecular weight excluding hydrogens is 200 g/mol. The Hall–Kier alpha value is -0.900. The fraction of sp³-hybridized carbons (Fsp3) is 0.833. The lowest BCUT2D eigenvalue weighted by molar-refractivity contribution is 0.408. The maximum atomic E-state index is 4.69. The monoisotopic (exact) mass is 218 g/mol. The SMILES string of the molecule is C1CC2CNC(c3nc(C4CC4)n[nH]3)C2C1. The summed E-state index contributed by atoms with van der Waals surface area (Å²) >= 11 is 0. The van der Waals surface area contributed by atoms with Crippen LogP contribution in [0.1, 0.15) is 55.7 Å². The Bertz CT molecular complexity index is 395. The Morgan fingerprint density at radius 2 is 2.06 bits per heavy atom. The third-order valence-corrected chi connectivity index (χ3v) is 4.50. The molecule has 0 radical (unpaired) electrons. The standard InChI is InChI=1S/C12H18N4/c1-2-8-6-13-10(9(8)3-1)12-14-11(15-16-12)7-4-5-7/h7-10,13H,1-6H2,(H,14,15,16). The molecule has 2 saturated carbocycles. The first-order chi connectivity index (χ1) is 7.92. The van der Waals surface area contributed by atoms with E-state index in [9.17, 15) is 0 Å². The summed E-state index contributed by atoms with van der Waals surface area (Å²) in [5, 5.41) is 11.1. The van der Waals surface area contributed by atoms with Gasteiger partial charge in [0.2, 0.25) is 0 Å². The Morgan fingerprint density at radius 1 is 1.12 bits per heavy atom. The first-order valence-corrected chi connectivity index (χ1v) is 6.57. The third kappa shape index (κ3) is 1.32. The van der Waals surface area contributed by atoms with E-state index in [1.54, 1.807) is 0 Å². The van der Waals surface area contributed by atoms with Crippen molar-refractivity contribution in [2.45, 2.75) is 44.1 Å². The molecule has 1 saturated heterocycles. The van der Waals surface area contributed by atoms with Crippen LogP contribution < -0.4 is 5.32 Å². The van der Waals surface area contributed by atoms with Crippen molar-refractivity contribution in [3.8, 4) is 0 Å². The number of rotatable bonds is 2. The number of hydrogen-bond donors (Lipinski definition) is 2. The van der Waals surface area contributed by atoms with E-state index in [1.165, 1.54) is 38.6 Å². The lowest BCUT2D eigenvalue weighted by atomic mass is 9.94. The van der Waals surface area contributed by atoms with Crippen LogP contribution >= 0.6 is 0 Å². The van der Waals surface area contributed by atoms with Gasteiger partial charge in [0.25, 0.3) is 0 Å². The van der Waals surface area contributed by atoms with Crippen molar-refractivity contribution in [1.82, 2.24) is 20.5 Å². The van der Waals surface area contributed by atoms with Crippen LogP contribution in [-0.2, 0) is 0 Å². The second-order valence-corrected chi connectivity index (χ2v) is 5.59. The molecule has 16 heavy (non-hydrogen) atoms. The maximum absolute atomic E-state index is 4.69. The topological polar surface area (TPSA) is 53.6 Å². The summed E-state index contributed by atoms with van der Waals surface area (Å²) in [5.74, 6) is 4.50. The van der Waals surface area contributed by atoms with Gasteiger partial charge < -0.3 is 5.32 Å². The summed E-state index contributed by atoms with van der Waals surface area (Å²) in [4.78, 5) is 4.69. The third-order valence-electron chi connectivity index (χ3n) is 4.50. The minimum atomic E-state index is 0.451. The van der Waals surface area contributed by atoms with Crippen molar-refractivity contribution < 1.29 is 0 Å². The number of fused-ring (bicyclic) bond motifs is 1. The van der Waals surface area contributed by atoms with Gasteiger partial charge >= 0.3 is 0 Å². The van der Waals surface area contributed by atoms with E-state index in [0.29, 0.717) is 12.0 Å². The average molecular weight is 218 g/mol. The highest BCUT2D eigenvalue weighted by atomic mass is 15.2. The van der Waals surface area contributed by atoms with E-state index >= 15 is 0 Å². The van der Waals surface area contributed by atoms with E-state index in [1.807, 2.05) is 0 Å². The summed E-state index contributed by atoms with van der Waals surface area (Å²) in [7, 11) is 0. The van der Waals surface area contributed by atoms with E-state index in [4.69, 9.17) is 0 Å². The van der Waals surface area contributed by atoms with Gasteiger partial charge in [-0.25, -0.2) is 4.98 Å². The summed E-state index contributed by atoms with van der Waals surface area (Å²) in [5.41, 5.74) is 0. The van der Waals surface area contributed by atoms with Crippen molar-refractivity contribution in [2.24, 2.45) is 11.8 Å². The minimum absolute atomic E-state index is 0.451. The highest BCUT2D eigenvalue weighted by Crippen LogP contribution is 2.44. The summed E-state index contributed by atoms with van der Waals surface area (Å²) in [6.45, 7) is 1.18. The van der Waals surface area contributed by atoms with Gasteiger partial charge in [-0.05, 0) is 44.1 Å². The molecule has 1 aromatic heterocycles. The fourth-order valence-electron chi connectivity index (χ4n) is 3.44. The van der Waals surface area contributed by atoms with Crippen molar-refractivity contribution in [1.29, 1.82) is 0 Å². The van der Waals surface area contributed by atoms with Crippen LogP contribution in [0.4, 0.5) is 0 Å². The first kappa shape index (κ1) is 9.16. The van der Waals surface area contributed by atoms with Gasteiger partial charge in [-0.15, -0.1) is 0 Å². The fourth-order valence-corrected chi connectivity index (χ4v) is 3.44. The summed E-state index contributed by atoms with van der Waals surface area (Å²) < 4.78 is 0. The number of hydrogen-bond acceptors (Lipinski definition) is 3. The largest absolute Gasteiger partial charge is 0.307 e. The number of H-pyrrole nitrogens is 1. The van der Waals surface area contributed by atoms with Gasteiger partial charge in [-0.3, -0.25) is 5.10 Å². The molecule has 86 valence electrons. The Morgan fingerprint density at radius 3 is 2.94 bits per heavy atom. The number of aromatic nitrogens is 3. The highest BCUT2D eigenvalue weighted by molar-refractivity contribution is 5.10. The van der Waals surface area contributed by atoms with E-state index < -0.39 is 0 Å². The summed E-state index contributed by atoms with van der Waals surface area (Å²) in [6.07, 6.45) is 6.72. The van der Waals surface area contributed by atoms with E-state index in [2.05, 4.69) is 20.5 Å². The predicted molar refractivity (Wildman–Crippen MR) is 59.9 cm³/mol. The van der Waals surface area contributed by atoms with Crippen LogP contribution in [0.3, 0.4) is 0 Å². The summed E-state index contributed by atoms with van der Waals surface area (Å²) in [6, 6.07) is 0.451. The maximum Gasteiger partial charge on any atom is 0.153 e. The number of nitrogens with one attached hydrogen (secondary N) is 2. The van der Waals surface area contributed by atoms with Gasteiger partial charge in [0.15, 0.2) is 5.82 Å². The zero-order chi connectivity index (χ0) is 10.5. The smallest absolute Gasteiger partial charge is 0.153 e. The zero-order valence-electron chi connectivity index (χ0n) is 9.45. The van der Waals surface area contributed by atoms with Crippen LogP contribution in [0.15, 0.2) is 0 Å². The molecule has 0 bridgehead atoms. The van der Waals surface area contributed by atoms with Crippen molar-refractivity contribution in [3.05, 3.63) is 11.6 Å². The molecule has 2 N–H and O–H groups in total. The lowest BCUT2D eigenvalue weighted by Gasteiger charge is -2.14. The van der Waals surface area contributed by atoms with E-state index in [0.717, 1.165) is 23.5 Å². The molecule has 1 aromatic rings. The zero-order valence-corrected chi connectivity index (χ0v) is 9.45. The van der Waals surface area contributed by atoms with Crippen LogP contribution in [0.25, 0.3) is 0 Å². The molecule has 1 aliphatic heterocycles. The van der Waals surface area contributed by atoms with Crippen LogP contribution in [0, 0.1) is 11.8 Å². The number of nitrogens with zero attached hydrogens (tertiary/aromatic N) is 2. The molecular formula is C12H18N4. The van der Waals surface area contributed by atoms with Crippen molar-refractivity contribution >= 4 is 0 Å². The second kappa shape index (κ2) is 3.29. The second-order valence-electron chi connectivity index (χ2n) is 5.59. The Kier molecular flexibility index (Phi) is 1.89. The normalized spacial score (nSPS) is 37.9. The Labute approximate surface area is 95.2 Å². The molecule has 0 spiro atoms. The van der Waals surface area contributed by atoms with Crippen LogP contribution in [0.2, 0.25) is 0 Å². The molecule has 4 rings (SSSR count). The van der Waals surface area contributed by atoms with E-state index in [-0.39, 0.29) is 0 Å². The van der Waals surface area contributed by atoms with Crippen molar-refractivity contribution in [3.63, 3.8) is 0 Å². The predicted octanol–water partition coefficient (Wildman–Crippen LogP) is 1.74. The molecule has 4 nitrogen and oxygen atoms in total. The quantitative estimate of drug-likeness (QED) is 0.795. The van der Waals surface area contributed by atoms with Crippen molar-refractivity contribution in [2.75, 3.05) is 6.54 Å². The van der Waals surface area contributed by atoms with Crippen LogP contribution in [0.5, 0.6) is 0 Å². The molecule has 3 aliphatic rings. The molecule has 3 unspecified atom stereocenters.